The molecule has 23 heavy (non-hydrogen) atoms. The van der Waals surface area contributed by atoms with Crippen molar-refractivity contribution in [2.45, 2.75) is 26.2 Å². The number of rotatable bonds is 5. The summed E-state index contributed by atoms with van der Waals surface area (Å²) in [5.74, 6) is 0.828. The highest BCUT2D eigenvalue weighted by atomic mass is 79.9. The minimum atomic E-state index is -0.290. The van der Waals surface area contributed by atoms with Gasteiger partial charge in [-0.15, -0.1) is 10.2 Å². The van der Waals surface area contributed by atoms with E-state index in [0.717, 1.165) is 12.0 Å². The zero-order chi connectivity index (χ0) is 16.2. The van der Waals surface area contributed by atoms with Crippen LogP contribution in [-0.2, 0) is 19.3 Å². The standard InChI is InChI=1S/C18H16BrFN2O/c1-12-4-2-3-5-14(12)7-9-17-21-22-18(23-17)11-13-6-8-15(19)16(20)10-13/h2-6,8,10H,7,9,11H2,1H3. The Morgan fingerprint density at radius 3 is 2.61 bits per heavy atom. The molecule has 3 nitrogen and oxygen atoms in total. The third-order valence-electron chi connectivity index (χ3n) is 3.72. The quantitative estimate of drug-likeness (QED) is 0.651. The SMILES string of the molecule is Cc1ccccc1CCc1nnc(Cc2ccc(Br)c(F)c2)o1. The molecule has 0 spiro atoms. The molecule has 0 unspecified atom stereocenters. The second-order valence-corrected chi connectivity index (χ2v) is 6.30. The average Bonchev–Trinajstić information content (AvgIpc) is 2.98. The summed E-state index contributed by atoms with van der Waals surface area (Å²) in [6.07, 6.45) is 2.00. The fraction of sp³-hybridized carbons (Fsp3) is 0.222. The van der Waals surface area contributed by atoms with Crippen LogP contribution >= 0.6 is 15.9 Å². The average molecular weight is 375 g/mol. The van der Waals surface area contributed by atoms with Crippen LogP contribution in [-0.4, -0.2) is 10.2 Å². The van der Waals surface area contributed by atoms with Crippen molar-refractivity contribution in [2.24, 2.45) is 0 Å². The van der Waals surface area contributed by atoms with Gasteiger partial charge in [-0.25, -0.2) is 4.39 Å². The van der Waals surface area contributed by atoms with E-state index in [1.54, 1.807) is 6.07 Å². The van der Waals surface area contributed by atoms with E-state index < -0.39 is 0 Å². The molecule has 2 aromatic carbocycles. The minimum absolute atomic E-state index is 0.290. The maximum absolute atomic E-state index is 13.5. The Morgan fingerprint density at radius 2 is 1.83 bits per heavy atom. The van der Waals surface area contributed by atoms with Crippen molar-refractivity contribution >= 4 is 15.9 Å². The summed E-state index contributed by atoms with van der Waals surface area (Å²) >= 11 is 3.14. The molecular formula is C18H16BrFN2O. The Morgan fingerprint density at radius 1 is 1.04 bits per heavy atom. The van der Waals surface area contributed by atoms with Crippen LogP contribution in [0.25, 0.3) is 0 Å². The minimum Gasteiger partial charge on any atom is -0.425 e. The van der Waals surface area contributed by atoms with E-state index in [-0.39, 0.29) is 5.82 Å². The van der Waals surface area contributed by atoms with Crippen LogP contribution in [0.5, 0.6) is 0 Å². The summed E-state index contributed by atoms with van der Waals surface area (Å²) in [7, 11) is 0. The van der Waals surface area contributed by atoms with Crippen molar-refractivity contribution in [1.29, 1.82) is 0 Å². The van der Waals surface area contributed by atoms with Crippen LogP contribution in [0, 0.1) is 12.7 Å². The van der Waals surface area contributed by atoms with Crippen molar-refractivity contribution in [3.05, 3.63) is 81.2 Å². The molecule has 0 aliphatic carbocycles. The second kappa shape index (κ2) is 7.04. The highest BCUT2D eigenvalue weighted by molar-refractivity contribution is 9.10. The molecule has 0 radical (unpaired) electrons. The molecule has 0 saturated heterocycles. The molecule has 1 heterocycles. The second-order valence-electron chi connectivity index (χ2n) is 5.44. The number of nitrogens with zero attached hydrogens (tertiary/aromatic N) is 2. The molecule has 3 rings (SSSR count). The van der Waals surface area contributed by atoms with Crippen LogP contribution in [0.3, 0.4) is 0 Å². The lowest BCUT2D eigenvalue weighted by molar-refractivity contribution is 0.456. The highest BCUT2D eigenvalue weighted by Crippen LogP contribution is 2.18. The third-order valence-corrected chi connectivity index (χ3v) is 4.36. The van der Waals surface area contributed by atoms with Gasteiger partial charge in [0.1, 0.15) is 5.82 Å². The summed E-state index contributed by atoms with van der Waals surface area (Å²) < 4.78 is 19.6. The topological polar surface area (TPSA) is 38.9 Å². The predicted octanol–water partition coefficient (Wildman–Crippen LogP) is 4.66. The van der Waals surface area contributed by atoms with E-state index in [4.69, 9.17) is 4.42 Å². The van der Waals surface area contributed by atoms with Gasteiger partial charge in [-0.1, -0.05) is 30.3 Å². The maximum atomic E-state index is 13.5. The fourth-order valence-corrected chi connectivity index (χ4v) is 2.66. The molecule has 1 aromatic heterocycles. The molecule has 5 heteroatoms. The Kier molecular flexibility index (Phi) is 4.86. The van der Waals surface area contributed by atoms with E-state index >= 15 is 0 Å². The molecule has 0 fully saturated rings. The van der Waals surface area contributed by atoms with Gasteiger partial charge in [0.2, 0.25) is 11.8 Å². The lowest BCUT2D eigenvalue weighted by Gasteiger charge is -2.02. The van der Waals surface area contributed by atoms with Crippen molar-refractivity contribution in [3.8, 4) is 0 Å². The summed E-state index contributed by atoms with van der Waals surface area (Å²) in [5, 5.41) is 8.12. The van der Waals surface area contributed by atoms with Crippen molar-refractivity contribution in [3.63, 3.8) is 0 Å². The molecule has 0 bridgehead atoms. The van der Waals surface area contributed by atoms with Gasteiger partial charge in [-0.2, -0.15) is 0 Å². The molecule has 118 valence electrons. The van der Waals surface area contributed by atoms with Gasteiger partial charge in [-0.05, 0) is 58.1 Å². The van der Waals surface area contributed by atoms with Crippen molar-refractivity contribution in [1.82, 2.24) is 10.2 Å². The summed E-state index contributed by atoms with van der Waals surface area (Å²) in [5.41, 5.74) is 3.35. The number of aromatic nitrogens is 2. The van der Waals surface area contributed by atoms with Gasteiger partial charge in [0.05, 0.1) is 10.9 Å². The molecule has 0 N–H and O–H groups in total. The Balaban J connectivity index is 1.64. The summed E-state index contributed by atoms with van der Waals surface area (Å²) in [4.78, 5) is 0. The van der Waals surface area contributed by atoms with E-state index in [9.17, 15) is 4.39 Å². The van der Waals surface area contributed by atoms with Crippen LogP contribution in [0.15, 0.2) is 51.4 Å². The van der Waals surface area contributed by atoms with Crippen molar-refractivity contribution < 1.29 is 8.81 Å². The highest BCUT2D eigenvalue weighted by Gasteiger charge is 2.09. The van der Waals surface area contributed by atoms with Gasteiger partial charge in [0.15, 0.2) is 0 Å². The van der Waals surface area contributed by atoms with Crippen LogP contribution in [0.1, 0.15) is 28.5 Å². The Labute approximate surface area is 142 Å². The molecule has 0 aliphatic rings. The number of hydrogen-bond acceptors (Lipinski definition) is 3. The van der Waals surface area contributed by atoms with E-state index in [1.807, 2.05) is 18.2 Å². The largest absolute Gasteiger partial charge is 0.425 e. The number of benzene rings is 2. The molecular weight excluding hydrogens is 359 g/mol. The van der Waals surface area contributed by atoms with Gasteiger partial charge < -0.3 is 4.42 Å². The molecule has 0 atom stereocenters. The first-order chi connectivity index (χ1) is 11.1. The fourth-order valence-electron chi connectivity index (χ4n) is 2.42. The van der Waals surface area contributed by atoms with Crippen LogP contribution in [0.2, 0.25) is 0 Å². The lowest BCUT2D eigenvalue weighted by atomic mass is 10.0. The first-order valence-corrected chi connectivity index (χ1v) is 8.21. The van der Waals surface area contributed by atoms with E-state index in [0.29, 0.717) is 29.1 Å². The van der Waals surface area contributed by atoms with Gasteiger partial charge >= 0.3 is 0 Å². The molecule has 3 aromatic rings. The monoisotopic (exact) mass is 374 g/mol. The number of aryl methyl sites for hydroxylation is 3. The van der Waals surface area contributed by atoms with Crippen LogP contribution in [0.4, 0.5) is 4.39 Å². The lowest BCUT2D eigenvalue weighted by Crippen LogP contribution is -1.94. The van der Waals surface area contributed by atoms with Crippen molar-refractivity contribution in [2.75, 3.05) is 0 Å². The van der Waals surface area contributed by atoms with Gasteiger partial charge in [0.25, 0.3) is 0 Å². The normalized spacial score (nSPS) is 10.9. The maximum Gasteiger partial charge on any atom is 0.220 e. The third kappa shape index (κ3) is 4.05. The molecule has 0 aliphatic heterocycles. The van der Waals surface area contributed by atoms with E-state index in [2.05, 4.69) is 45.2 Å². The predicted molar refractivity (Wildman–Crippen MR) is 89.8 cm³/mol. The first kappa shape index (κ1) is 15.9. The summed E-state index contributed by atoms with van der Waals surface area (Å²) in [6.45, 7) is 2.09. The molecule has 0 saturated carbocycles. The molecule has 0 amide bonds. The zero-order valence-corrected chi connectivity index (χ0v) is 14.3. The Bertz CT molecular complexity index is 816. The summed E-state index contributed by atoms with van der Waals surface area (Å²) in [6, 6.07) is 13.3. The van der Waals surface area contributed by atoms with Gasteiger partial charge in [0, 0.05) is 6.42 Å². The Hall–Kier alpha value is -2.01. The van der Waals surface area contributed by atoms with E-state index in [1.165, 1.54) is 17.2 Å². The van der Waals surface area contributed by atoms with Gasteiger partial charge in [-0.3, -0.25) is 0 Å². The zero-order valence-electron chi connectivity index (χ0n) is 12.7. The number of hydrogen-bond donors (Lipinski definition) is 0. The van der Waals surface area contributed by atoms with Crippen LogP contribution < -0.4 is 0 Å². The first-order valence-electron chi connectivity index (χ1n) is 7.41. The smallest absolute Gasteiger partial charge is 0.220 e. The number of halogens is 2.